The average Bonchev–Trinajstić information content (AvgIpc) is 2.62. The zero-order valence-electron chi connectivity index (χ0n) is 13.1. The van der Waals surface area contributed by atoms with Crippen LogP contribution in [0.5, 0.6) is 17.2 Å². The largest absolute Gasteiger partial charge is 0.495 e. The quantitative estimate of drug-likeness (QED) is 0.506. The Morgan fingerprint density at radius 3 is 2.79 bits per heavy atom. The number of methoxy groups -OCH3 is 1. The molecule has 0 saturated heterocycles. The SMILES string of the molecule is COc1ccccc1NC(=S)N/N=C/c1ccc2c(c1)OCCO2. The first-order chi connectivity index (χ1) is 11.8. The van der Waals surface area contributed by atoms with Gasteiger partial charge in [0.05, 0.1) is 19.0 Å². The molecule has 0 spiro atoms. The second kappa shape index (κ2) is 7.65. The normalized spacial score (nSPS) is 12.7. The summed E-state index contributed by atoms with van der Waals surface area (Å²) in [5, 5.41) is 7.53. The van der Waals surface area contributed by atoms with E-state index in [4.69, 9.17) is 26.4 Å². The van der Waals surface area contributed by atoms with Crippen LogP contribution >= 0.6 is 12.2 Å². The number of thiocarbonyl (C=S) groups is 1. The number of hydrazone groups is 1. The molecule has 0 amide bonds. The van der Waals surface area contributed by atoms with Crippen LogP contribution in [-0.4, -0.2) is 31.7 Å². The van der Waals surface area contributed by atoms with Gasteiger partial charge in [-0.05, 0) is 48.1 Å². The Balaban J connectivity index is 1.59. The zero-order valence-corrected chi connectivity index (χ0v) is 13.9. The molecule has 0 radical (unpaired) electrons. The van der Waals surface area contributed by atoms with Gasteiger partial charge in [0.25, 0.3) is 0 Å². The molecule has 0 aliphatic carbocycles. The summed E-state index contributed by atoms with van der Waals surface area (Å²) in [6.45, 7) is 1.13. The van der Waals surface area contributed by atoms with E-state index in [1.165, 1.54) is 0 Å². The molecule has 3 rings (SSSR count). The summed E-state index contributed by atoms with van der Waals surface area (Å²) in [5.41, 5.74) is 4.42. The minimum atomic E-state index is 0.369. The lowest BCUT2D eigenvalue weighted by Crippen LogP contribution is -2.24. The van der Waals surface area contributed by atoms with Gasteiger partial charge in [-0.2, -0.15) is 5.10 Å². The van der Waals surface area contributed by atoms with Crippen LogP contribution in [-0.2, 0) is 0 Å². The molecule has 124 valence electrons. The van der Waals surface area contributed by atoms with Crippen LogP contribution in [0.2, 0.25) is 0 Å². The van der Waals surface area contributed by atoms with E-state index >= 15 is 0 Å². The summed E-state index contributed by atoms with van der Waals surface area (Å²) in [5.74, 6) is 2.18. The predicted molar refractivity (Wildman–Crippen MR) is 97.4 cm³/mol. The highest BCUT2D eigenvalue weighted by Crippen LogP contribution is 2.30. The minimum absolute atomic E-state index is 0.369. The predicted octanol–water partition coefficient (Wildman–Crippen LogP) is 2.79. The van der Waals surface area contributed by atoms with Crippen LogP contribution in [0.15, 0.2) is 47.6 Å². The zero-order chi connectivity index (χ0) is 16.8. The maximum absolute atomic E-state index is 5.54. The van der Waals surface area contributed by atoms with Crippen molar-refractivity contribution in [3.8, 4) is 17.2 Å². The Kier molecular flexibility index (Phi) is 5.12. The maximum atomic E-state index is 5.54. The Labute approximate surface area is 145 Å². The summed E-state index contributed by atoms with van der Waals surface area (Å²) in [6, 6.07) is 13.1. The highest BCUT2D eigenvalue weighted by molar-refractivity contribution is 7.80. The highest BCUT2D eigenvalue weighted by Gasteiger charge is 2.10. The minimum Gasteiger partial charge on any atom is -0.495 e. The number of anilines is 1. The van der Waals surface area contributed by atoms with Crippen molar-refractivity contribution in [1.82, 2.24) is 5.43 Å². The molecule has 2 aromatic rings. The van der Waals surface area contributed by atoms with Crippen molar-refractivity contribution in [1.29, 1.82) is 0 Å². The number of nitrogens with one attached hydrogen (secondary N) is 2. The van der Waals surface area contributed by atoms with Crippen LogP contribution in [0, 0.1) is 0 Å². The number of rotatable bonds is 4. The molecular formula is C17H17N3O3S. The average molecular weight is 343 g/mol. The smallest absolute Gasteiger partial charge is 0.191 e. The summed E-state index contributed by atoms with van der Waals surface area (Å²) in [4.78, 5) is 0. The van der Waals surface area contributed by atoms with Crippen molar-refractivity contribution < 1.29 is 14.2 Å². The number of hydrogen-bond donors (Lipinski definition) is 2. The first-order valence-electron chi connectivity index (χ1n) is 7.39. The molecule has 7 heteroatoms. The molecule has 1 aliphatic rings. The van der Waals surface area contributed by atoms with E-state index in [-0.39, 0.29) is 0 Å². The van der Waals surface area contributed by atoms with Gasteiger partial charge in [-0.25, -0.2) is 0 Å². The molecule has 1 heterocycles. The van der Waals surface area contributed by atoms with Crippen molar-refractivity contribution in [3.63, 3.8) is 0 Å². The van der Waals surface area contributed by atoms with Crippen LogP contribution in [0.1, 0.15) is 5.56 Å². The van der Waals surface area contributed by atoms with Crippen LogP contribution in [0.4, 0.5) is 5.69 Å². The van der Waals surface area contributed by atoms with Crippen molar-refractivity contribution in [2.24, 2.45) is 5.10 Å². The fourth-order valence-corrected chi connectivity index (χ4v) is 2.37. The number of hydrogen-bond acceptors (Lipinski definition) is 5. The van der Waals surface area contributed by atoms with Crippen LogP contribution in [0.3, 0.4) is 0 Å². The van der Waals surface area contributed by atoms with Gasteiger partial charge in [-0.15, -0.1) is 0 Å². The fraction of sp³-hybridized carbons (Fsp3) is 0.176. The lowest BCUT2D eigenvalue weighted by atomic mass is 10.2. The van der Waals surface area contributed by atoms with Gasteiger partial charge < -0.3 is 19.5 Å². The lowest BCUT2D eigenvalue weighted by Gasteiger charge is -2.18. The van der Waals surface area contributed by atoms with Crippen molar-refractivity contribution in [3.05, 3.63) is 48.0 Å². The number of fused-ring (bicyclic) bond motifs is 1. The van der Waals surface area contributed by atoms with Crippen molar-refractivity contribution in [2.75, 3.05) is 25.6 Å². The van der Waals surface area contributed by atoms with Gasteiger partial charge in [0.1, 0.15) is 19.0 Å². The fourth-order valence-electron chi connectivity index (χ4n) is 2.20. The van der Waals surface area contributed by atoms with Crippen molar-refractivity contribution >= 4 is 29.2 Å². The Morgan fingerprint density at radius 2 is 1.96 bits per heavy atom. The molecule has 0 aromatic heterocycles. The molecule has 2 N–H and O–H groups in total. The summed E-state index contributed by atoms with van der Waals surface area (Å²) < 4.78 is 16.3. The second-order valence-corrected chi connectivity index (χ2v) is 5.34. The third kappa shape index (κ3) is 3.94. The van der Waals surface area contributed by atoms with Gasteiger partial charge in [-0.3, -0.25) is 5.43 Å². The van der Waals surface area contributed by atoms with Gasteiger partial charge in [0.2, 0.25) is 0 Å². The third-order valence-electron chi connectivity index (χ3n) is 3.30. The molecule has 0 bridgehead atoms. The lowest BCUT2D eigenvalue weighted by molar-refractivity contribution is 0.171. The number of para-hydroxylation sites is 2. The standard InChI is InChI=1S/C17H17N3O3S/c1-21-14-5-3-2-4-13(14)19-17(24)20-18-11-12-6-7-15-16(10-12)23-9-8-22-15/h2-7,10-11H,8-9H2,1H3,(H2,19,20,24)/b18-11+. The molecule has 0 fully saturated rings. The van der Waals surface area contributed by atoms with Gasteiger partial charge in [0.15, 0.2) is 16.6 Å². The summed E-state index contributed by atoms with van der Waals surface area (Å²) in [7, 11) is 1.61. The second-order valence-electron chi connectivity index (χ2n) is 4.93. The van der Waals surface area contributed by atoms with Gasteiger partial charge in [-0.1, -0.05) is 12.1 Å². The van der Waals surface area contributed by atoms with E-state index < -0.39 is 0 Å². The van der Waals surface area contributed by atoms with Gasteiger partial charge in [0, 0.05) is 0 Å². The van der Waals surface area contributed by atoms with Crippen molar-refractivity contribution in [2.45, 2.75) is 0 Å². The Morgan fingerprint density at radius 1 is 1.17 bits per heavy atom. The number of nitrogens with zero attached hydrogens (tertiary/aromatic N) is 1. The van der Waals surface area contributed by atoms with E-state index in [2.05, 4.69) is 15.8 Å². The molecule has 0 atom stereocenters. The molecule has 24 heavy (non-hydrogen) atoms. The Hall–Kier alpha value is -2.80. The molecule has 2 aromatic carbocycles. The van der Waals surface area contributed by atoms with E-state index in [0.717, 1.165) is 22.7 Å². The summed E-state index contributed by atoms with van der Waals surface area (Å²) >= 11 is 5.22. The number of ether oxygens (including phenoxy) is 3. The third-order valence-corrected chi connectivity index (χ3v) is 3.49. The van der Waals surface area contributed by atoms with E-state index in [0.29, 0.717) is 24.1 Å². The topological polar surface area (TPSA) is 64.1 Å². The van der Waals surface area contributed by atoms with E-state index in [1.807, 2.05) is 42.5 Å². The molecular weight excluding hydrogens is 326 g/mol. The summed E-state index contributed by atoms with van der Waals surface area (Å²) in [6.07, 6.45) is 1.66. The first kappa shape index (κ1) is 16.1. The van der Waals surface area contributed by atoms with Gasteiger partial charge >= 0.3 is 0 Å². The highest BCUT2D eigenvalue weighted by atomic mass is 32.1. The van der Waals surface area contributed by atoms with Crippen LogP contribution < -0.4 is 25.0 Å². The monoisotopic (exact) mass is 343 g/mol. The Bertz CT molecular complexity index is 764. The van der Waals surface area contributed by atoms with E-state index in [9.17, 15) is 0 Å². The molecule has 6 nitrogen and oxygen atoms in total. The number of benzene rings is 2. The first-order valence-corrected chi connectivity index (χ1v) is 7.80. The van der Waals surface area contributed by atoms with Crippen LogP contribution in [0.25, 0.3) is 0 Å². The molecule has 0 unspecified atom stereocenters. The van der Waals surface area contributed by atoms with E-state index in [1.54, 1.807) is 13.3 Å². The molecule has 0 saturated carbocycles. The molecule has 1 aliphatic heterocycles. The maximum Gasteiger partial charge on any atom is 0.191 e.